The highest BCUT2D eigenvalue weighted by molar-refractivity contribution is 9.10. The zero-order valence-corrected chi connectivity index (χ0v) is 12.6. The van der Waals surface area contributed by atoms with E-state index in [9.17, 15) is 4.79 Å². The number of methoxy groups -OCH3 is 1. The topological polar surface area (TPSA) is 38.7 Å². The second-order valence-corrected chi connectivity index (χ2v) is 5.07. The van der Waals surface area contributed by atoms with E-state index >= 15 is 0 Å². The summed E-state index contributed by atoms with van der Waals surface area (Å²) in [6.07, 6.45) is 2.51. The smallest absolute Gasteiger partial charge is 0.340 e. The molecule has 0 saturated carbocycles. The van der Waals surface area contributed by atoms with Crippen molar-refractivity contribution < 1.29 is 9.53 Å². The molecule has 4 heteroatoms. The molecule has 0 aliphatic rings. The van der Waals surface area contributed by atoms with Crippen molar-refractivity contribution in [2.75, 3.05) is 7.11 Å². The lowest BCUT2D eigenvalue weighted by Crippen LogP contribution is -2.01. The second-order valence-electron chi connectivity index (χ2n) is 4.15. The molecule has 0 aliphatic carbocycles. The Kier molecular flexibility index (Phi) is 5.07. The highest BCUT2D eigenvalue weighted by atomic mass is 79.9. The van der Waals surface area contributed by atoms with Gasteiger partial charge in [0.15, 0.2) is 0 Å². The number of benzene rings is 2. The molecule has 0 heterocycles. The first kappa shape index (κ1) is 14.5. The number of halogens is 1. The third-order valence-corrected chi connectivity index (χ3v) is 3.26. The van der Waals surface area contributed by atoms with Gasteiger partial charge in [0.05, 0.1) is 18.4 Å². The molecule has 0 bridgehead atoms. The van der Waals surface area contributed by atoms with Gasteiger partial charge in [-0.3, -0.25) is 4.99 Å². The predicted molar refractivity (Wildman–Crippen MR) is 83.8 cm³/mol. The van der Waals surface area contributed by atoms with Crippen molar-refractivity contribution in [3.8, 4) is 0 Å². The largest absolute Gasteiger partial charge is 0.465 e. The molecule has 0 N–H and O–H groups in total. The Morgan fingerprint density at radius 1 is 1.25 bits per heavy atom. The number of carbonyl (C=O) groups excluding carboxylic acids is 1. The van der Waals surface area contributed by atoms with Gasteiger partial charge in [-0.15, -0.1) is 0 Å². The summed E-state index contributed by atoms with van der Waals surface area (Å²) in [5.74, 6) is -0.385. The number of rotatable bonds is 4. The third kappa shape index (κ3) is 3.78. The van der Waals surface area contributed by atoms with Crippen molar-refractivity contribution in [2.24, 2.45) is 4.99 Å². The van der Waals surface area contributed by atoms with Crippen molar-refractivity contribution in [1.82, 2.24) is 0 Å². The number of aliphatic imine (C=N–C) groups is 1. The van der Waals surface area contributed by atoms with Crippen LogP contribution in [0.5, 0.6) is 0 Å². The van der Waals surface area contributed by atoms with Crippen LogP contribution in [0, 0.1) is 0 Å². The van der Waals surface area contributed by atoms with Crippen LogP contribution in [0.2, 0.25) is 0 Å². The minimum Gasteiger partial charge on any atom is -0.465 e. The van der Waals surface area contributed by atoms with Gasteiger partial charge < -0.3 is 4.74 Å². The van der Waals surface area contributed by atoms with Gasteiger partial charge in [-0.25, -0.2) is 4.79 Å². The summed E-state index contributed by atoms with van der Waals surface area (Å²) < 4.78 is 5.63. The highest BCUT2D eigenvalue weighted by Crippen LogP contribution is 2.24. The molecule has 3 nitrogen and oxygen atoms in total. The molecule has 0 aromatic heterocycles. The summed E-state index contributed by atoms with van der Waals surface area (Å²) in [7, 11) is 1.36. The molecule has 0 radical (unpaired) electrons. The molecule has 0 unspecified atom stereocenters. The first-order valence-electron chi connectivity index (χ1n) is 6.15. The second kappa shape index (κ2) is 7.01. The summed E-state index contributed by atoms with van der Waals surface area (Å²) in [5, 5.41) is 0. The minimum atomic E-state index is -0.385. The minimum absolute atomic E-state index is 0.385. The number of nitrogens with zero attached hydrogens (tertiary/aromatic N) is 1. The quantitative estimate of drug-likeness (QED) is 0.622. The summed E-state index contributed by atoms with van der Waals surface area (Å²) >= 11 is 3.38. The maximum atomic E-state index is 11.7. The molecule has 102 valence electrons. The molecular formula is C16H14BrNO2. The lowest BCUT2D eigenvalue weighted by atomic mass is 10.1. The van der Waals surface area contributed by atoms with E-state index < -0.39 is 0 Å². The highest BCUT2D eigenvalue weighted by Gasteiger charge is 2.10. The monoisotopic (exact) mass is 331 g/mol. The van der Waals surface area contributed by atoms with Gasteiger partial charge in [0.2, 0.25) is 0 Å². The van der Waals surface area contributed by atoms with Crippen molar-refractivity contribution in [3.05, 3.63) is 64.1 Å². The standard InChI is InChI=1S/C16H14BrNO2/c1-20-16(19)14-8-7-13(17)11-15(14)18-10-9-12-5-3-2-4-6-12/h2-8,10-11H,9H2,1H3/b18-10+. The van der Waals surface area contributed by atoms with Gasteiger partial charge in [0, 0.05) is 17.1 Å². The fraction of sp³-hybridized carbons (Fsp3) is 0.125. The zero-order valence-electron chi connectivity index (χ0n) is 11.0. The van der Waals surface area contributed by atoms with Crippen LogP contribution in [0.1, 0.15) is 15.9 Å². The summed E-state index contributed by atoms with van der Waals surface area (Å²) in [6, 6.07) is 15.3. The first-order valence-corrected chi connectivity index (χ1v) is 6.94. The molecule has 0 amide bonds. The fourth-order valence-electron chi connectivity index (χ4n) is 1.76. The van der Waals surface area contributed by atoms with Crippen LogP contribution < -0.4 is 0 Å². The van der Waals surface area contributed by atoms with E-state index in [1.165, 1.54) is 12.7 Å². The molecule has 2 aromatic carbocycles. The third-order valence-electron chi connectivity index (χ3n) is 2.77. The maximum absolute atomic E-state index is 11.7. The summed E-state index contributed by atoms with van der Waals surface area (Å²) in [6.45, 7) is 0. The van der Waals surface area contributed by atoms with Crippen molar-refractivity contribution >= 4 is 33.8 Å². The van der Waals surface area contributed by atoms with Crippen LogP contribution in [0.4, 0.5) is 5.69 Å². The van der Waals surface area contributed by atoms with E-state index in [1.54, 1.807) is 24.4 Å². The lowest BCUT2D eigenvalue weighted by molar-refractivity contribution is 0.0601. The predicted octanol–water partition coefficient (Wildman–Crippen LogP) is 4.18. The molecule has 0 spiro atoms. The SMILES string of the molecule is COC(=O)c1ccc(Br)cc1/N=C/Cc1ccccc1. The number of hydrogen-bond acceptors (Lipinski definition) is 3. The number of carbonyl (C=O) groups is 1. The van der Waals surface area contributed by atoms with Crippen molar-refractivity contribution in [2.45, 2.75) is 6.42 Å². The Morgan fingerprint density at radius 2 is 2.00 bits per heavy atom. The normalized spacial score (nSPS) is 10.7. The van der Waals surface area contributed by atoms with Gasteiger partial charge in [-0.2, -0.15) is 0 Å². The molecular weight excluding hydrogens is 318 g/mol. The summed E-state index contributed by atoms with van der Waals surface area (Å²) in [5.41, 5.74) is 2.23. The molecule has 0 aliphatic heterocycles. The van der Waals surface area contributed by atoms with E-state index in [4.69, 9.17) is 4.74 Å². The molecule has 2 rings (SSSR count). The maximum Gasteiger partial charge on any atom is 0.340 e. The van der Waals surface area contributed by atoms with Gasteiger partial charge >= 0.3 is 5.97 Å². The van der Waals surface area contributed by atoms with E-state index in [-0.39, 0.29) is 5.97 Å². The van der Waals surface area contributed by atoms with Crippen LogP contribution in [0.3, 0.4) is 0 Å². The van der Waals surface area contributed by atoms with Gasteiger partial charge in [-0.1, -0.05) is 46.3 Å². The summed E-state index contributed by atoms with van der Waals surface area (Å²) in [4.78, 5) is 16.0. The van der Waals surface area contributed by atoms with Crippen molar-refractivity contribution in [3.63, 3.8) is 0 Å². The number of ether oxygens (including phenoxy) is 1. The first-order chi connectivity index (χ1) is 9.70. The average Bonchev–Trinajstić information content (AvgIpc) is 2.48. The lowest BCUT2D eigenvalue weighted by Gasteiger charge is -2.04. The van der Waals surface area contributed by atoms with E-state index in [1.807, 2.05) is 30.3 Å². The Hall–Kier alpha value is -1.94. The fourth-order valence-corrected chi connectivity index (χ4v) is 2.11. The number of hydrogen-bond donors (Lipinski definition) is 0. The Balaban J connectivity index is 2.19. The van der Waals surface area contributed by atoms with Crippen LogP contribution in [-0.4, -0.2) is 19.3 Å². The molecule has 2 aromatic rings. The van der Waals surface area contributed by atoms with Crippen LogP contribution in [-0.2, 0) is 11.2 Å². The Morgan fingerprint density at radius 3 is 2.70 bits per heavy atom. The van der Waals surface area contributed by atoms with E-state index in [2.05, 4.69) is 20.9 Å². The van der Waals surface area contributed by atoms with Gasteiger partial charge in [0.25, 0.3) is 0 Å². The average molecular weight is 332 g/mol. The van der Waals surface area contributed by atoms with E-state index in [0.717, 1.165) is 4.47 Å². The van der Waals surface area contributed by atoms with E-state index in [0.29, 0.717) is 17.7 Å². The Bertz CT molecular complexity index is 624. The molecule has 0 atom stereocenters. The van der Waals surface area contributed by atoms with Gasteiger partial charge in [0.1, 0.15) is 0 Å². The van der Waals surface area contributed by atoms with Crippen LogP contribution >= 0.6 is 15.9 Å². The molecule has 0 saturated heterocycles. The van der Waals surface area contributed by atoms with Crippen LogP contribution in [0.15, 0.2) is 58.0 Å². The van der Waals surface area contributed by atoms with Crippen molar-refractivity contribution in [1.29, 1.82) is 0 Å². The number of esters is 1. The molecule has 20 heavy (non-hydrogen) atoms. The van der Waals surface area contributed by atoms with Crippen LogP contribution in [0.25, 0.3) is 0 Å². The molecule has 0 fully saturated rings. The Labute approximate surface area is 126 Å². The zero-order chi connectivity index (χ0) is 14.4. The van der Waals surface area contributed by atoms with Gasteiger partial charge in [-0.05, 0) is 23.8 Å².